The van der Waals surface area contributed by atoms with Crippen molar-refractivity contribution in [3.63, 3.8) is 0 Å². The van der Waals surface area contributed by atoms with E-state index in [2.05, 4.69) is 5.32 Å². The fourth-order valence-electron chi connectivity index (χ4n) is 2.78. The summed E-state index contributed by atoms with van der Waals surface area (Å²) in [6.45, 7) is -0.0374. The van der Waals surface area contributed by atoms with Crippen LogP contribution in [0.1, 0.15) is 27.0 Å². The minimum atomic E-state index is -4.46. The Morgan fingerprint density at radius 3 is 2.33 bits per heavy atom. The van der Waals surface area contributed by atoms with E-state index in [-0.39, 0.29) is 24.2 Å². The highest BCUT2D eigenvalue weighted by atomic mass is 35.5. The molecule has 0 aliphatic carbocycles. The number of amides is 1. The number of hydrogen-bond acceptors (Lipinski definition) is 2. The number of hydrogen-bond donors (Lipinski definition) is 1. The summed E-state index contributed by atoms with van der Waals surface area (Å²) in [5.41, 5.74) is -0.150. The Hall–Kier alpha value is -2.77. The van der Waals surface area contributed by atoms with Gasteiger partial charge in [-0.3, -0.25) is 9.59 Å². The molecule has 0 aliphatic rings. The van der Waals surface area contributed by atoms with Crippen LogP contribution in [0.15, 0.2) is 65.6 Å². The summed E-state index contributed by atoms with van der Waals surface area (Å²) in [4.78, 5) is 24.6. The zero-order valence-corrected chi connectivity index (χ0v) is 16.9. The first-order valence-electron chi connectivity index (χ1n) is 8.73. The number of alkyl halides is 3. The minimum absolute atomic E-state index is 0.0616. The highest BCUT2D eigenvalue weighted by molar-refractivity contribution is 6.35. The third-order valence-corrected chi connectivity index (χ3v) is 5.05. The maximum absolute atomic E-state index is 12.8. The van der Waals surface area contributed by atoms with E-state index in [0.29, 0.717) is 21.2 Å². The lowest BCUT2D eigenvalue weighted by Crippen LogP contribution is -2.26. The van der Waals surface area contributed by atoms with Crippen molar-refractivity contribution < 1.29 is 18.0 Å². The van der Waals surface area contributed by atoms with E-state index in [1.54, 1.807) is 18.2 Å². The molecule has 3 rings (SSSR count). The van der Waals surface area contributed by atoms with Crippen LogP contribution in [0.25, 0.3) is 0 Å². The number of rotatable bonds is 5. The number of aromatic nitrogens is 1. The van der Waals surface area contributed by atoms with E-state index in [1.807, 2.05) is 0 Å². The molecule has 1 N–H and O–H groups in total. The van der Waals surface area contributed by atoms with Crippen molar-refractivity contribution in [2.24, 2.45) is 0 Å². The van der Waals surface area contributed by atoms with E-state index in [4.69, 9.17) is 23.2 Å². The average Bonchev–Trinajstić information content (AvgIpc) is 2.70. The quantitative estimate of drug-likeness (QED) is 0.579. The highest BCUT2D eigenvalue weighted by Gasteiger charge is 2.30. The number of pyridine rings is 1. The molecule has 1 aromatic heterocycles. The molecule has 0 unspecified atom stereocenters. The Labute approximate surface area is 179 Å². The van der Waals surface area contributed by atoms with Crippen molar-refractivity contribution in [3.05, 3.63) is 103 Å². The van der Waals surface area contributed by atoms with Crippen LogP contribution in [0.5, 0.6) is 0 Å². The number of carbonyl (C=O) groups is 1. The Bertz CT molecular complexity index is 1120. The van der Waals surface area contributed by atoms with Crippen molar-refractivity contribution in [2.75, 3.05) is 0 Å². The summed E-state index contributed by atoms with van der Waals surface area (Å²) >= 11 is 12.3. The average molecular weight is 455 g/mol. The van der Waals surface area contributed by atoms with Crippen molar-refractivity contribution in [1.82, 2.24) is 9.88 Å². The molecule has 4 nitrogen and oxygen atoms in total. The molecule has 0 aliphatic heterocycles. The highest BCUT2D eigenvalue weighted by Crippen LogP contribution is 2.29. The summed E-state index contributed by atoms with van der Waals surface area (Å²) in [7, 11) is 0. The fourth-order valence-corrected chi connectivity index (χ4v) is 3.30. The van der Waals surface area contributed by atoms with Crippen molar-refractivity contribution in [2.45, 2.75) is 19.3 Å². The topological polar surface area (TPSA) is 51.1 Å². The third-order valence-electron chi connectivity index (χ3n) is 4.34. The Kier molecular flexibility index (Phi) is 6.53. The van der Waals surface area contributed by atoms with E-state index < -0.39 is 17.6 Å². The van der Waals surface area contributed by atoms with Gasteiger partial charge in [-0.15, -0.1) is 0 Å². The Balaban J connectivity index is 1.76. The first kappa shape index (κ1) is 21.9. The monoisotopic (exact) mass is 454 g/mol. The van der Waals surface area contributed by atoms with Crippen molar-refractivity contribution >= 4 is 29.1 Å². The lowest BCUT2D eigenvalue weighted by molar-refractivity contribution is -0.137. The minimum Gasteiger partial charge on any atom is -0.348 e. The number of nitrogens with one attached hydrogen (secondary N) is 1. The summed E-state index contributed by atoms with van der Waals surface area (Å²) in [5.74, 6) is -0.536. The van der Waals surface area contributed by atoms with E-state index in [9.17, 15) is 22.8 Å². The summed E-state index contributed by atoms with van der Waals surface area (Å²) in [6.07, 6.45) is -3.11. The second-order valence-corrected chi connectivity index (χ2v) is 7.28. The molecule has 0 spiro atoms. The van der Waals surface area contributed by atoms with Crippen molar-refractivity contribution in [1.29, 1.82) is 0 Å². The zero-order valence-electron chi connectivity index (χ0n) is 15.3. The molecule has 30 heavy (non-hydrogen) atoms. The molecule has 1 amide bonds. The first-order valence-corrected chi connectivity index (χ1v) is 9.48. The van der Waals surface area contributed by atoms with Crippen LogP contribution in [-0.2, 0) is 19.3 Å². The molecule has 156 valence electrons. The Morgan fingerprint density at radius 1 is 1.00 bits per heavy atom. The van der Waals surface area contributed by atoms with Crippen molar-refractivity contribution in [3.8, 4) is 0 Å². The van der Waals surface area contributed by atoms with Crippen LogP contribution >= 0.6 is 23.2 Å². The van der Waals surface area contributed by atoms with Crippen LogP contribution in [0.4, 0.5) is 13.2 Å². The molecule has 0 radical (unpaired) electrons. The van der Waals surface area contributed by atoms with Crippen LogP contribution in [0.3, 0.4) is 0 Å². The second kappa shape index (κ2) is 8.93. The lowest BCUT2D eigenvalue weighted by atomic mass is 10.1. The first-order chi connectivity index (χ1) is 14.1. The Morgan fingerprint density at radius 2 is 1.67 bits per heavy atom. The van der Waals surface area contributed by atoms with Crippen LogP contribution in [0, 0.1) is 0 Å². The second-order valence-electron chi connectivity index (χ2n) is 6.46. The van der Waals surface area contributed by atoms with Gasteiger partial charge in [0.1, 0.15) is 0 Å². The van der Waals surface area contributed by atoms with Gasteiger partial charge in [0.2, 0.25) is 0 Å². The van der Waals surface area contributed by atoms with Gasteiger partial charge in [-0.05, 0) is 35.9 Å². The standard InChI is InChI=1S/C21H15Cl2F3N2O2/c22-17-5-2-6-18(23)16(17)12-28-11-14(7-8-19(28)29)20(30)27-10-13-3-1-4-15(9-13)21(24,25)26/h1-9,11H,10,12H2,(H,27,30). The number of halogens is 5. The molecular weight excluding hydrogens is 440 g/mol. The molecule has 0 bridgehead atoms. The van der Waals surface area contributed by atoms with Gasteiger partial charge in [-0.1, -0.05) is 41.4 Å². The SMILES string of the molecule is O=C(NCc1cccc(C(F)(F)F)c1)c1ccc(=O)n(Cc2c(Cl)cccc2Cl)c1. The summed E-state index contributed by atoms with van der Waals surface area (Å²) < 4.78 is 39.7. The molecular formula is C21H15Cl2F3N2O2. The zero-order chi connectivity index (χ0) is 21.9. The van der Waals surface area contributed by atoms with E-state index in [1.165, 1.54) is 35.0 Å². The maximum atomic E-state index is 12.8. The number of carbonyl (C=O) groups excluding carboxylic acids is 1. The van der Waals surface area contributed by atoms with Gasteiger partial charge in [0, 0.05) is 34.4 Å². The number of benzene rings is 2. The van der Waals surface area contributed by atoms with Gasteiger partial charge in [-0.25, -0.2) is 0 Å². The maximum Gasteiger partial charge on any atom is 0.416 e. The summed E-state index contributed by atoms with van der Waals surface area (Å²) in [6, 6.07) is 12.2. The molecule has 1 heterocycles. The molecule has 3 aromatic rings. The van der Waals surface area contributed by atoms with E-state index in [0.717, 1.165) is 12.1 Å². The largest absolute Gasteiger partial charge is 0.416 e. The number of nitrogens with zero attached hydrogens (tertiary/aromatic N) is 1. The third kappa shape index (κ3) is 5.23. The smallest absolute Gasteiger partial charge is 0.348 e. The van der Waals surface area contributed by atoms with Gasteiger partial charge >= 0.3 is 6.18 Å². The predicted octanol–water partition coefficient (Wildman–Crippen LogP) is 5.15. The molecule has 9 heteroatoms. The van der Waals surface area contributed by atoms with Gasteiger partial charge < -0.3 is 9.88 Å². The van der Waals surface area contributed by atoms with Gasteiger partial charge in [0.25, 0.3) is 11.5 Å². The molecule has 0 atom stereocenters. The van der Waals surface area contributed by atoms with Gasteiger partial charge in [-0.2, -0.15) is 13.2 Å². The van der Waals surface area contributed by atoms with E-state index >= 15 is 0 Å². The van der Waals surface area contributed by atoms with Crippen LogP contribution < -0.4 is 10.9 Å². The summed E-state index contributed by atoms with van der Waals surface area (Å²) in [5, 5.41) is 3.32. The van der Waals surface area contributed by atoms with Gasteiger partial charge in [0.05, 0.1) is 17.7 Å². The normalized spacial score (nSPS) is 11.4. The van der Waals surface area contributed by atoms with Gasteiger partial charge in [0.15, 0.2) is 0 Å². The van der Waals surface area contributed by atoms with Crippen LogP contribution in [-0.4, -0.2) is 10.5 Å². The predicted molar refractivity (Wildman–Crippen MR) is 109 cm³/mol. The lowest BCUT2D eigenvalue weighted by Gasteiger charge is -2.12. The fraction of sp³-hybridized carbons (Fsp3) is 0.143. The molecule has 0 saturated heterocycles. The molecule has 0 saturated carbocycles. The molecule has 2 aromatic carbocycles. The van der Waals surface area contributed by atoms with Crippen LogP contribution in [0.2, 0.25) is 10.0 Å². The molecule has 0 fully saturated rings.